The predicted octanol–water partition coefficient (Wildman–Crippen LogP) is 3.33. The monoisotopic (exact) mass is 465 g/mol. The molecule has 8 heteroatoms. The molecule has 0 fully saturated rings. The molecule has 0 aromatic carbocycles. The highest BCUT2D eigenvalue weighted by Crippen LogP contribution is 2.16. The van der Waals surface area contributed by atoms with Crippen LogP contribution in [0.15, 0.2) is 23.3 Å². The van der Waals surface area contributed by atoms with Gasteiger partial charge in [-0.15, -0.1) is 35.3 Å². The van der Waals surface area contributed by atoms with Crippen LogP contribution in [0, 0.1) is 13.8 Å². The third kappa shape index (κ3) is 6.60. The number of guanidine groups is 1. The summed E-state index contributed by atoms with van der Waals surface area (Å²) in [7, 11) is 1.76. The van der Waals surface area contributed by atoms with Crippen molar-refractivity contribution in [1.29, 1.82) is 0 Å². The van der Waals surface area contributed by atoms with Crippen LogP contribution in [0.2, 0.25) is 5.15 Å². The molecule has 5 nitrogen and oxygen atoms in total. The van der Waals surface area contributed by atoms with Gasteiger partial charge in [-0.2, -0.15) is 0 Å². The minimum Gasteiger partial charge on any atom is -0.356 e. The zero-order valence-electron chi connectivity index (χ0n) is 13.4. The lowest BCUT2D eigenvalue weighted by molar-refractivity contribution is 0.789. The summed E-state index contributed by atoms with van der Waals surface area (Å²) in [4.78, 5) is 14.1. The van der Waals surface area contributed by atoms with E-state index in [1.54, 1.807) is 30.6 Å². The molecular formula is C15H21ClIN5S. The number of nitrogens with one attached hydrogen (secondary N) is 2. The summed E-state index contributed by atoms with van der Waals surface area (Å²) < 4.78 is 0. The number of hydrogen-bond donors (Lipinski definition) is 2. The zero-order chi connectivity index (χ0) is 15.9. The van der Waals surface area contributed by atoms with Gasteiger partial charge in [0.05, 0.1) is 10.7 Å². The van der Waals surface area contributed by atoms with Crippen LogP contribution in [-0.2, 0) is 13.0 Å². The maximum Gasteiger partial charge on any atom is 0.191 e. The highest BCUT2D eigenvalue weighted by atomic mass is 127. The number of pyridine rings is 1. The molecule has 0 radical (unpaired) electrons. The van der Waals surface area contributed by atoms with E-state index in [9.17, 15) is 0 Å². The Bertz CT molecular complexity index is 622. The smallest absolute Gasteiger partial charge is 0.191 e. The fourth-order valence-corrected chi connectivity index (χ4v) is 2.90. The van der Waals surface area contributed by atoms with Gasteiger partial charge < -0.3 is 10.6 Å². The number of aryl methyl sites for hydroxylation is 2. The van der Waals surface area contributed by atoms with Crippen molar-refractivity contribution in [2.75, 3.05) is 13.6 Å². The van der Waals surface area contributed by atoms with Crippen LogP contribution >= 0.6 is 46.9 Å². The summed E-state index contributed by atoms with van der Waals surface area (Å²) in [5.41, 5.74) is 2.18. The van der Waals surface area contributed by atoms with Crippen molar-refractivity contribution in [3.8, 4) is 0 Å². The number of nitrogens with zero attached hydrogens (tertiary/aromatic N) is 3. The number of hydrogen-bond acceptors (Lipinski definition) is 4. The normalized spacial score (nSPS) is 11.0. The molecule has 0 aliphatic heterocycles. The van der Waals surface area contributed by atoms with Gasteiger partial charge >= 0.3 is 0 Å². The second kappa shape index (κ2) is 10.0. The summed E-state index contributed by atoms with van der Waals surface area (Å²) in [6.07, 6.45) is 2.65. The van der Waals surface area contributed by atoms with Crippen LogP contribution in [0.3, 0.4) is 0 Å². The number of aliphatic imine (C=N–C) groups is 1. The highest BCUT2D eigenvalue weighted by Gasteiger charge is 2.04. The largest absolute Gasteiger partial charge is 0.356 e. The van der Waals surface area contributed by atoms with E-state index in [4.69, 9.17) is 11.6 Å². The Morgan fingerprint density at radius 2 is 2.09 bits per heavy atom. The quantitative estimate of drug-likeness (QED) is 0.308. The van der Waals surface area contributed by atoms with Crippen LogP contribution < -0.4 is 10.6 Å². The summed E-state index contributed by atoms with van der Waals surface area (Å²) in [5, 5.41) is 8.19. The minimum atomic E-state index is 0. The third-order valence-corrected chi connectivity index (χ3v) is 4.53. The Hall–Kier alpha value is -0.930. The SMILES string of the molecule is CN=C(NCCc1nc(C)c(C)s1)NCc1ccc(Cl)nc1.I. The maximum atomic E-state index is 5.77. The van der Waals surface area contributed by atoms with Crippen molar-refractivity contribution >= 4 is 52.9 Å². The first-order valence-electron chi connectivity index (χ1n) is 7.06. The van der Waals surface area contributed by atoms with Crippen LogP contribution in [0.25, 0.3) is 0 Å². The van der Waals surface area contributed by atoms with Gasteiger partial charge in [0.25, 0.3) is 0 Å². The van der Waals surface area contributed by atoms with E-state index in [0.29, 0.717) is 11.7 Å². The summed E-state index contributed by atoms with van der Waals surface area (Å²) >= 11 is 7.52. The van der Waals surface area contributed by atoms with Gasteiger partial charge in [0.15, 0.2) is 5.96 Å². The van der Waals surface area contributed by atoms with Crippen LogP contribution in [0.5, 0.6) is 0 Å². The molecule has 2 aromatic rings. The first kappa shape index (κ1) is 20.1. The van der Waals surface area contributed by atoms with Gasteiger partial charge in [-0.05, 0) is 25.5 Å². The van der Waals surface area contributed by atoms with Gasteiger partial charge in [0.1, 0.15) is 5.15 Å². The van der Waals surface area contributed by atoms with Gasteiger partial charge in [0, 0.05) is 37.6 Å². The molecule has 126 valence electrons. The Balaban J connectivity index is 0.00000264. The molecule has 0 unspecified atom stereocenters. The number of aromatic nitrogens is 2. The third-order valence-electron chi connectivity index (χ3n) is 3.18. The molecule has 0 aliphatic rings. The lowest BCUT2D eigenvalue weighted by atomic mass is 10.3. The molecule has 0 amide bonds. The Labute approximate surface area is 163 Å². The average molecular weight is 466 g/mol. The predicted molar refractivity (Wildman–Crippen MR) is 108 cm³/mol. The van der Waals surface area contributed by atoms with Crippen molar-refractivity contribution in [2.24, 2.45) is 4.99 Å². The minimum absolute atomic E-state index is 0. The van der Waals surface area contributed by atoms with Crippen molar-refractivity contribution in [3.05, 3.63) is 44.6 Å². The molecule has 0 spiro atoms. The van der Waals surface area contributed by atoms with Gasteiger partial charge in [-0.3, -0.25) is 4.99 Å². The summed E-state index contributed by atoms with van der Waals surface area (Å²) in [5.74, 6) is 0.764. The molecular weight excluding hydrogens is 445 g/mol. The average Bonchev–Trinajstić information content (AvgIpc) is 2.83. The van der Waals surface area contributed by atoms with Crippen LogP contribution in [0.1, 0.15) is 21.1 Å². The Morgan fingerprint density at radius 1 is 1.30 bits per heavy atom. The zero-order valence-corrected chi connectivity index (χ0v) is 17.3. The maximum absolute atomic E-state index is 5.77. The Kier molecular flexibility index (Phi) is 8.78. The van der Waals surface area contributed by atoms with E-state index in [1.807, 2.05) is 13.0 Å². The number of thiazole rings is 1. The first-order chi connectivity index (χ1) is 10.6. The molecule has 2 heterocycles. The summed E-state index contributed by atoms with van der Waals surface area (Å²) in [6, 6.07) is 3.72. The molecule has 2 N–H and O–H groups in total. The first-order valence-corrected chi connectivity index (χ1v) is 8.26. The number of rotatable bonds is 5. The summed E-state index contributed by atoms with van der Waals surface area (Å²) in [6.45, 7) is 5.60. The van der Waals surface area contributed by atoms with Gasteiger partial charge in [-0.25, -0.2) is 9.97 Å². The second-order valence-corrected chi connectivity index (χ2v) is 6.52. The van der Waals surface area contributed by atoms with E-state index in [-0.39, 0.29) is 24.0 Å². The molecule has 0 aliphatic carbocycles. The van der Waals surface area contributed by atoms with E-state index < -0.39 is 0 Å². The highest BCUT2D eigenvalue weighted by molar-refractivity contribution is 14.0. The van der Waals surface area contributed by atoms with Gasteiger partial charge in [0.2, 0.25) is 0 Å². The van der Waals surface area contributed by atoms with Gasteiger partial charge in [-0.1, -0.05) is 17.7 Å². The fourth-order valence-electron chi connectivity index (χ4n) is 1.85. The second-order valence-electron chi connectivity index (χ2n) is 4.84. The fraction of sp³-hybridized carbons (Fsp3) is 0.400. The lowest BCUT2D eigenvalue weighted by Gasteiger charge is -2.11. The molecule has 0 atom stereocenters. The number of halogens is 2. The molecule has 23 heavy (non-hydrogen) atoms. The van der Waals surface area contributed by atoms with Crippen molar-refractivity contribution in [2.45, 2.75) is 26.8 Å². The van der Waals surface area contributed by atoms with Crippen LogP contribution in [0.4, 0.5) is 0 Å². The lowest BCUT2D eigenvalue weighted by Crippen LogP contribution is -2.37. The molecule has 2 aromatic heterocycles. The topological polar surface area (TPSA) is 62.2 Å². The van der Waals surface area contributed by atoms with Crippen LogP contribution in [-0.4, -0.2) is 29.5 Å². The standard InChI is InChI=1S/C15H20ClN5S.HI/c1-10-11(2)22-14(21-10)6-7-18-15(17-3)20-9-12-4-5-13(16)19-8-12;/h4-5,8H,6-7,9H2,1-3H3,(H2,17,18,20);1H. The Morgan fingerprint density at radius 3 is 2.65 bits per heavy atom. The van der Waals surface area contributed by atoms with Crippen molar-refractivity contribution < 1.29 is 0 Å². The molecule has 2 rings (SSSR count). The molecule has 0 saturated carbocycles. The molecule has 0 bridgehead atoms. The molecule has 0 saturated heterocycles. The van der Waals surface area contributed by atoms with E-state index >= 15 is 0 Å². The van der Waals surface area contributed by atoms with E-state index in [0.717, 1.165) is 35.2 Å². The van der Waals surface area contributed by atoms with Crippen molar-refractivity contribution in [3.63, 3.8) is 0 Å². The van der Waals surface area contributed by atoms with E-state index in [2.05, 4.69) is 32.5 Å². The van der Waals surface area contributed by atoms with Crippen molar-refractivity contribution in [1.82, 2.24) is 20.6 Å². The van der Waals surface area contributed by atoms with E-state index in [1.165, 1.54) is 4.88 Å².